The molecule has 1 N–H and O–H groups in total. The molecule has 3 rings (SSSR count). The molecular weight excluding hydrogens is 184 g/mol. The van der Waals surface area contributed by atoms with Crippen LogP contribution in [0.15, 0.2) is 0 Å². The summed E-state index contributed by atoms with van der Waals surface area (Å²) in [6.45, 7) is 2.84. The van der Waals surface area contributed by atoms with Gasteiger partial charge >= 0.3 is 0 Å². The molecule has 2 saturated carbocycles. The molecule has 0 radical (unpaired) electrons. The summed E-state index contributed by atoms with van der Waals surface area (Å²) in [6.07, 6.45) is 8.77. The minimum absolute atomic E-state index is 0.801. The van der Waals surface area contributed by atoms with Crippen molar-refractivity contribution in [1.82, 2.24) is 10.2 Å². The predicted molar refractivity (Wildman–Crippen MR) is 62.9 cm³/mol. The van der Waals surface area contributed by atoms with Crippen molar-refractivity contribution in [3.8, 4) is 0 Å². The number of likely N-dealkylation sites (tertiary alicyclic amines) is 1. The lowest BCUT2D eigenvalue weighted by atomic mass is 10.0. The van der Waals surface area contributed by atoms with Crippen LogP contribution in [0.1, 0.15) is 38.5 Å². The van der Waals surface area contributed by atoms with Crippen molar-refractivity contribution in [2.24, 2.45) is 11.8 Å². The molecule has 3 fully saturated rings. The molecule has 1 aliphatic heterocycles. The van der Waals surface area contributed by atoms with E-state index < -0.39 is 0 Å². The Kier molecular flexibility index (Phi) is 2.73. The Bertz CT molecular complexity index is 217. The Morgan fingerprint density at radius 2 is 1.73 bits per heavy atom. The van der Waals surface area contributed by atoms with Crippen LogP contribution in [0.4, 0.5) is 0 Å². The maximum absolute atomic E-state index is 3.44. The molecule has 86 valence electrons. The summed E-state index contributed by atoms with van der Waals surface area (Å²) in [5.74, 6) is 2.14. The van der Waals surface area contributed by atoms with E-state index in [0.29, 0.717) is 0 Å². The van der Waals surface area contributed by atoms with Gasteiger partial charge in [0.1, 0.15) is 0 Å². The summed E-state index contributed by atoms with van der Waals surface area (Å²) in [4.78, 5) is 2.81. The SMILES string of the molecule is CNC1CCC(N2CC3CCCC3C2)C1. The largest absolute Gasteiger partial charge is 0.317 e. The smallest absolute Gasteiger partial charge is 0.0111 e. The van der Waals surface area contributed by atoms with Crippen LogP contribution in [-0.4, -0.2) is 37.1 Å². The third-order valence-corrected chi connectivity index (χ3v) is 5.08. The van der Waals surface area contributed by atoms with Gasteiger partial charge < -0.3 is 5.32 Å². The summed E-state index contributed by atoms with van der Waals surface area (Å²) in [5.41, 5.74) is 0. The van der Waals surface area contributed by atoms with Gasteiger partial charge in [-0.1, -0.05) is 6.42 Å². The van der Waals surface area contributed by atoms with Crippen molar-refractivity contribution in [1.29, 1.82) is 0 Å². The molecule has 0 aromatic heterocycles. The summed E-state index contributed by atoms with van der Waals surface area (Å²) >= 11 is 0. The molecule has 15 heavy (non-hydrogen) atoms. The number of rotatable bonds is 2. The minimum atomic E-state index is 0.801. The molecule has 2 heteroatoms. The molecule has 0 spiro atoms. The molecular formula is C13H24N2. The summed E-state index contributed by atoms with van der Waals surface area (Å²) in [7, 11) is 2.12. The van der Waals surface area contributed by atoms with E-state index in [4.69, 9.17) is 0 Å². The average molecular weight is 208 g/mol. The number of nitrogens with zero attached hydrogens (tertiary/aromatic N) is 1. The predicted octanol–water partition coefficient (Wildman–Crippen LogP) is 1.86. The van der Waals surface area contributed by atoms with Gasteiger partial charge in [0, 0.05) is 25.2 Å². The van der Waals surface area contributed by atoms with Crippen molar-refractivity contribution in [3.63, 3.8) is 0 Å². The average Bonchev–Trinajstić information content (AvgIpc) is 2.91. The monoisotopic (exact) mass is 208 g/mol. The zero-order chi connectivity index (χ0) is 10.3. The molecule has 3 aliphatic rings. The molecule has 4 unspecified atom stereocenters. The second-order valence-electron chi connectivity index (χ2n) is 5.86. The summed E-state index contributed by atoms with van der Waals surface area (Å²) in [5, 5.41) is 3.44. The molecule has 2 nitrogen and oxygen atoms in total. The lowest BCUT2D eigenvalue weighted by Gasteiger charge is -2.24. The lowest BCUT2D eigenvalue weighted by Crippen LogP contribution is -2.33. The van der Waals surface area contributed by atoms with Crippen LogP contribution in [0.2, 0.25) is 0 Å². The normalized spacial score (nSPS) is 46.2. The molecule has 1 heterocycles. The van der Waals surface area contributed by atoms with E-state index in [1.54, 1.807) is 0 Å². The quantitative estimate of drug-likeness (QED) is 0.745. The van der Waals surface area contributed by atoms with E-state index in [0.717, 1.165) is 23.9 Å². The molecule has 2 aliphatic carbocycles. The second-order valence-corrected chi connectivity index (χ2v) is 5.86. The van der Waals surface area contributed by atoms with Crippen LogP contribution in [0.25, 0.3) is 0 Å². The fourth-order valence-corrected chi connectivity index (χ4v) is 4.12. The van der Waals surface area contributed by atoms with Gasteiger partial charge in [0.25, 0.3) is 0 Å². The van der Waals surface area contributed by atoms with Gasteiger partial charge in [-0.05, 0) is 51.0 Å². The van der Waals surface area contributed by atoms with Crippen LogP contribution < -0.4 is 5.32 Å². The van der Waals surface area contributed by atoms with Gasteiger partial charge in [0.2, 0.25) is 0 Å². The number of hydrogen-bond acceptors (Lipinski definition) is 2. The van der Waals surface area contributed by atoms with E-state index in [1.807, 2.05) is 0 Å². The Labute approximate surface area is 93.4 Å². The fourth-order valence-electron chi connectivity index (χ4n) is 4.12. The standard InChI is InChI=1S/C13H24N2/c1-14-12-5-6-13(7-12)15-8-10-3-2-4-11(10)9-15/h10-14H,2-9H2,1H3. The maximum Gasteiger partial charge on any atom is 0.0111 e. The first-order chi connectivity index (χ1) is 7.36. The first-order valence-corrected chi connectivity index (χ1v) is 6.78. The number of fused-ring (bicyclic) bond motifs is 1. The van der Waals surface area contributed by atoms with Gasteiger partial charge in [-0.25, -0.2) is 0 Å². The summed E-state index contributed by atoms with van der Waals surface area (Å²) < 4.78 is 0. The van der Waals surface area contributed by atoms with Gasteiger partial charge in [-0.3, -0.25) is 4.90 Å². The van der Waals surface area contributed by atoms with Crippen molar-refractivity contribution in [2.75, 3.05) is 20.1 Å². The molecule has 0 aromatic carbocycles. The Balaban J connectivity index is 1.56. The van der Waals surface area contributed by atoms with Gasteiger partial charge in [-0.2, -0.15) is 0 Å². The highest BCUT2D eigenvalue weighted by molar-refractivity contribution is 4.94. The van der Waals surface area contributed by atoms with Crippen LogP contribution in [0, 0.1) is 11.8 Å². The van der Waals surface area contributed by atoms with Crippen molar-refractivity contribution in [3.05, 3.63) is 0 Å². The maximum atomic E-state index is 3.44. The zero-order valence-corrected chi connectivity index (χ0v) is 9.91. The first-order valence-electron chi connectivity index (χ1n) is 6.78. The topological polar surface area (TPSA) is 15.3 Å². The molecule has 0 aromatic rings. The van der Waals surface area contributed by atoms with Crippen molar-refractivity contribution >= 4 is 0 Å². The third kappa shape index (κ3) is 1.83. The van der Waals surface area contributed by atoms with Crippen molar-refractivity contribution < 1.29 is 0 Å². The van der Waals surface area contributed by atoms with Gasteiger partial charge in [0.05, 0.1) is 0 Å². The minimum Gasteiger partial charge on any atom is -0.317 e. The third-order valence-electron chi connectivity index (χ3n) is 5.08. The Morgan fingerprint density at radius 1 is 1.00 bits per heavy atom. The van der Waals surface area contributed by atoms with E-state index in [2.05, 4.69) is 17.3 Å². The van der Waals surface area contributed by atoms with Gasteiger partial charge in [-0.15, -0.1) is 0 Å². The molecule has 0 bridgehead atoms. The number of hydrogen-bond donors (Lipinski definition) is 1. The van der Waals surface area contributed by atoms with Crippen LogP contribution in [0.5, 0.6) is 0 Å². The van der Waals surface area contributed by atoms with Gasteiger partial charge in [0.15, 0.2) is 0 Å². The Morgan fingerprint density at radius 3 is 2.33 bits per heavy atom. The highest BCUT2D eigenvalue weighted by Gasteiger charge is 2.40. The number of nitrogens with one attached hydrogen (secondary N) is 1. The van der Waals surface area contributed by atoms with Crippen LogP contribution in [-0.2, 0) is 0 Å². The highest BCUT2D eigenvalue weighted by atomic mass is 15.2. The van der Waals surface area contributed by atoms with E-state index in [-0.39, 0.29) is 0 Å². The second kappa shape index (κ2) is 4.06. The van der Waals surface area contributed by atoms with Crippen LogP contribution in [0.3, 0.4) is 0 Å². The van der Waals surface area contributed by atoms with E-state index in [1.165, 1.54) is 51.6 Å². The van der Waals surface area contributed by atoms with E-state index >= 15 is 0 Å². The van der Waals surface area contributed by atoms with E-state index in [9.17, 15) is 0 Å². The Hall–Kier alpha value is -0.0800. The van der Waals surface area contributed by atoms with Crippen molar-refractivity contribution in [2.45, 2.75) is 50.6 Å². The summed E-state index contributed by atoms with van der Waals surface area (Å²) in [6, 6.07) is 1.71. The molecule has 1 saturated heterocycles. The zero-order valence-electron chi connectivity index (χ0n) is 9.91. The highest BCUT2D eigenvalue weighted by Crippen LogP contribution is 2.40. The van der Waals surface area contributed by atoms with Crippen LogP contribution >= 0.6 is 0 Å². The first kappa shape index (κ1) is 10.1. The molecule has 0 amide bonds. The lowest BCUT2D eigenvalue weighted by molar-refractivity contribution is 0.225. The fraction of sp³-hybridized carbons (Fsp3) is 1.00. The molecule has 4 atom stereocenters.